The number of aromatic nitrogens is 2. The molecule has 4 aromatic rings. The van der Waals surface area contributed by atoms with Crippen molar-refractivity contribution in [1.82, 2.24) is 15.0 Å². The fourth-order valence-corrected chi connectivity index (χ4v) is 3.26. The number of nitrogens with one attached hydrogen (secondary N) is 1. The Kier molecular flexibility index (Phi) is 6.39. The van der Waals surface area contributed by atoms with Crippen LogP contribution in [-0.4, -0.2) is 53.0 Å². The van der Waals surface area contributed by atoms with Gasteiger partial charge in [-0.25, -0.2) is 9.78 Å². The lowest BCUT2D eigenvalue weighted by molar-refractivity contribution is -0.136. The van der Waals surface area contributed by atoms with Gasteiger partial charge in [0.1, 0.15) is 5.69 Å². The third-order valence-electron chi connectivity index (χ3n) is 5.08. The van der Waals surface area contributed by atoms with Crippen LogP contribution in [0.3, 0.4) is 0 Å². The first-order valence-corrected chi connectivity index (χ1v) is 10.4. The fraction of sp³-hybridized carbons (Fsp3) is 0.208. The van der Waals surface area contributed by atoms with Gasteiger partial charge in [-0.3, -0.25) is 9.59 Å². The highest BCUT2D eigenvalue weighted by Gasteiger charge is 2.23. The minimum Gasteiger partial charge on any atom is -0.463 e. The van der Waals surface area contributed by atoms with E-state index in [1.807, 2.05) is 19.1 Å². The molecule has 0 spiro atoms. The van der Waals surface area contributed by atoms with Crippen LogP contribution in [0.25, 0.3) is 22.6 Å². The van der Waals surface area contributed by atoms with E-state index >= 15 is 0 Å². The molecule has 0 radical (unpaired) electrons. The van der Waals surface area contributed by atoms with E-state index in [2.05, 4.69) is 15.5 Å². The fourth-order valence-electron chi connectivity index (χ4n) is 3.26. The number of fused-ring (bicyclic) bond motifs is 1. The molecule has 10 heteroatoms. The second kappa shape index (κ2) is 9.57. The van der Waals surface area contributed by atoms with Gasteiger partial charge in [0, 0.05) is 12.7 Å². The van der Waals surface area contributed by atoms with Crippen LogP contribution in [-0.2, 0) is 14.3 Å². The highest BCUT2D eigenvalue weighted by atomic mass is 16.5. The van der Waals surface area contributed by atoms with Crippen molar-refractivity contribution in [3.63, 3.8) is 0 Å². The largest absolute Gasteiger partial charge is 0.463 e. The lowest BCUT2D eigenvalue weighted by atomic mass is 10.1. The van der Waals surface area contributed by atoms with Gasteiger partial charge in [-0.05, 0) is 44.2 Å². The molecule has 4 rings (SSSR count). The van der Waals surface area contributed by atoms with Crippen LogP contribution >= 0.6 is 0 Å². The van der Waals surface area contributed by atoms with Gasteiger partial charge in [0.25, 0.3) is 11.6 Å². The molecule has 0 aliphatic carbocycles. The van der Waals surface area contributed by atoms with Crippen LogP contribution in [0.5, 0.6) is 0 Å². The van der Waals surface area contributed by atoms with Gasteiger partial charge in [-0.2, -0.15) is 0 Å². The van der Waals surface area contributed by atoms with Crippen LogP contribution < -0.4 is 5.32 Å². The summed E-state index contributed by atoms with van der Waals surface area (Å²) in [4.78, 5) is 43.0. The minimum atomic E-state index is -0.752. The van der Waals surface area contributed by atoms with E-state index in [9.17, 15) is 14.4 Å². The molecule has 1 N–H and O–H groups in total. The van der Waals surface area contributed by atoms with Crippen molar-refractivity contribution in [3.05, 3.63) is 65.5 Å². The summed E-state index contributed by atoms with van der Waals surface area (Å²) in [5.41, 5.74) is 2.79. The number of nitrogens with zero attached hydrogens (tertiary/aromatic N) is 3. The van der Waals surface area contributed by atoms with E-state index in [0.717, 1.165) is 5.56 Å². The number of ether oxygens (including phenoxy) is 1. The molecular weight excluding hydrogens is 440 g/mol. The number of hydrogen-bond acceptors (Lipinski definition) is 8. The Labute approximate surface area is 194 Å². The van der Waals surface area contributed by atoms with E-state index in [1.165, 1.54) is 24.3 Å². The van der Waals surface area contributed by atoms with E-state index in [4.69, 9.17) is 13.7 Å². The molecule has 10 nitrogen and oxygen atoms in total. The van der Waals surface area contributed by atoms with Crippen LogP contribution in [0.15, 0.2) is 57.7 Å². The molecule has 34 heavy (non-hydrogen) atoms. The molecule has 0 saturated heterocycles. The van der Waals surface area contributed by atoms with E-state index in [-0.39, 0.29) is 23.7 Å². The number of hydrogen-bond donors (Lipinski definition) is 1. The van der Waals surface area contributed by atoms with E-state index in [0.29, 0.717) is 28.2 Å². The first-order chi connectivity index (χ1) is 16.3. The predicted molar refractivity (Wildman–Crippen MR) is 122 cm³/mol. The Morgan fingerprint density at radius 3 is 2.59 bits per heavy atom. The first-order valence-electron chi connectivity index (χ1n) is 10.4. The van der Waals surface area contributed by atoms with Crippen molar-refractivity contribution < 1.29 is 28.1 Å². The van der Waals surface area contributed by atoms with Gasteiger partial charge in [-0.1, -0.05) is 22.9 Å². The van der Waals surface area contributed by atoms with Crippen molar-refractivity contribution in [2.24, 2.45) is 0 Å². The number of esters is 1. The number of rotatable bonds is 7. The summed E-state index contributed by atoms with van der Waals surface area (Å²) in [5, 5.41) is 6.96. The Balaban J connectivity index is 1.41. The molecule has 0 atom stereocenters. The highest BCUT2D eigenvalue weighted by molar-refractivity contribution is 6.04. The standard InChI is InChI=1S/C24H22N4O6/c1-14-6-8-16(9-7-14)25-20(29)12-28(3)21(30)13-33-24(31)17-11-18(19-5-4-10-32-19)26-23-22(17)15(2)27-34-23/h4-11H,12-13H2,1-3H3,(H,25,29). The summed E-state index contributed by atoms with van der Waals surface area (Å²) >= 11 is 0. The van der Waals surface area contributed by atoms with Crippen LogP contribution in [0.1, 0.15) is 21.6 Å². The highest BCUT2D eigenvalue weighted by Crippen LogP contribution is 2.27. The lowest BCUT2D eigenvalue weighted by Gasteiger charge is -2.17. The summed E-state index contributed by atoms with van der Waals surface area (Å²) in [6.45, 7) is 2.87. The smallest absolute Gasteiger partial charge is 0.339 e. The zero-order valence-corrected chi connectivity index (χ0v) is 18.8. The Hall–Kier alpha value is -4.47. The van der Waals surface area contributed by atoms with Crippen molar-refractivity contribution in [3.8, 4) is 11.5 Å². The molecular formula is C24H22N4O6. The summed E-state index contributed by atoms with van der Waals surface area (Å²) in [6.07, 6.45) is 1.48. The number of carbonyl (C=O) groups is 3. The number of likely N-dealkylation sites (N-methyl/N-ethyl adjacent to an activating group) is 1. The monoisotopic (exact) mass is 462 g/mol. The average Bonchev–Trinajstić information content (AvgIpc) is 3.48. The molecule has 174 valence electrons. The Bertz CT molecular complexity index is 1340. The summed E-state index contributed by atoms with van der Waals surface area (Å²) in [6, 6.07) is 12.2. The number of pyridine rings is 1. The zero-order valence-electron chi connectivity index (χ0n) is 18.8. The number of anilines is 1. The number of aryl methyl sites for hydroxylation is 2. The van der Waals surface area contributed by atoms with Crippen LogP contribution in [0, 0.1) is 13.8 Å². The molecule has 0 fully saturated rings. The van der Waals surface area contributed by atoms with Crippen LogP contribution in [0.4, 0.5) is 5.69 Å². The quantitative estimate of drug-likeness (QED) is 0.414. The number of amides is 2. The molecule has 0 bridgehead atoms. The van der Waals surface area contributed by atoms with Gasteiger partial charge < -0.3 is 23.9 Å². The Morgan fingerprint density at radius 2 is 1.88 bits per heavy atom. The van der Waals surface area contributed by atoms with Crippen molar-refractivity contribution in [1.29, 1.82) is 0 Å². The maximum atomic E-state index is 12.8. The van der Waals surface area contributed by atoms with Gasteiger partial charge in [0.05, 0.1) is 29.5 Å². The molecule has 1 aromatic carbocycles. The lowest BCUT2D eigenvalue weighted by Crippen LogP contribution is -2.37. The minimum absolute atomic E-state index is 0.141. The van der Waals surface area contributed by atoms with Gasteiger partial charge >= 0.3 is 5.97 Å². The predicted octanol–water partition coefficient (Wildman–Crippen LogP) is 3.35. The van der Waals surface area contributed by atoms with E-state index < -0.39 is 18.5 Å². The van der Waals surface area contributed by atoms with E-state index in [1.54, 1.807) is 31.2 Å². The number of carbonyl (C=O) groups excluding carboxylic acids is 3. The number of furan rings is 1. The number of benzene rings is 1. The normalized spacial score (nSPS) is 10.8. The summed E-state index contributed by atoms with van der Waals surface area (Å²) in [5.74, 6) is -1.23. The topological polar surface area (TPSA) is 128 Å². The molecule has 3 aromatic heterocycles. The molecule has 3 heterocycles. The molecule has 0 saturated carbocycles. The second-order valence-corrected chi connectivity index (χ2v) is 7.72. The molecule has 2 amide bonds. The summed E-state index contributed by atoms with van der Waals surface area (Å²) < 4.78 is 15.8. The third kappa shape index (κ3) is 4.96. The zero-order chi connectivity index (χ0) is 24.2. The van der Waals surface area contributed by atoms with Gasteiger partial charge in [0.2, 0.25) is 5.91 Å². The third-order valence-corrected chi connectivity index (χ3v) is 5.08. The van der Waals surface area contributed by atoms with Crippen molar-refractivity contribution in [2.45, 2.75) is 13.8 Å². The van der Waals surface area contributed by atoms with Crippen LogP contribution in [0.2, 0.25) is 0 Å². The summed E-state index contributed by atoms with van der Waals surface area (Å²) in [7, 11) is 1.45. The molecule has 0 aliphatic heterocycles. The second-order valence-electron chi connectivity index (χ2n) is 7.72. The SMILES string of the molecule is Cc1ccc(NC(=O)CN(C)C(=O)COC(=O)c2cc(-c3ccco3)nc3onc(C)c23)cc1. The van der Waals surface area contributed by atoms with Crippen molar-refractivity contribution >= 4 is 34.6 Å². The maximum absolute atomic E-state index is 12.8. The first kappa shape index (κ1) is 22.7. The molecule has 0 unspecified atom stereocenters. The average molecular weight is 462 g/mol. The Morgan fingerprint density at radius 1 is 1.12 bits per heavy atom. The molecule has 0 aliphatic rings. The maximum Gasteiger partial charge on any atom is 0.339 e. The van der Waals surface area contributed by atoms with Gasteiger partial charge in [0.15, 0.2) is 12.4 Å². The van der Waals surface area contributed by atoms with Crippen molar-refractivity contribution in [2.75, 3.05) is 25.5 Å². The van der Waals surface area contributed by atoms with Gasteiger partial charge in [-0.15, -0.1) is 0 Å².